The molecule has 0 saturated heterocycles. The Balaban J connectivity index is 2.15. The van der Waals surface area contributed by atoms with Gasteiger partial charge in [0.15, 0.2) is 5.69 Å². The van der Waals surface area contributed by atoms with Crippen molar-refractivity contribution < 1.29 is 18.9 Å². The summed E-state index contributed by atoms with van der Waals surface area (Å²) in [6, 6.07) is 7.00. The molecule has 0 aliphatic heterocycles. The van der Waals surface area contributed by atoms with Crippen molar-refractivity contribution in [1.29, 1.82) is 0 Å². The second-order valence-electron chi connectivity index (χ2n) is 5.35. The number of esters is 1. The third-order valence-corrected chi connectivity index (χ3v) is 3.27. The topological polar surface area (TPSA) is 131 Å². The lowest BCUT2D eigenvalue weighted by atomic mass is 10.1. The predicted molar refractivity (Wildman–Crippen MR) is 86.2 cm³/mol. The molecule has 3 rings (SSSR count). The highest BCUT2D eigenvalue weighted by molar-refractivity contribution is 5.94. The van der Waals surface area contributed by atoms with Gasteiger partial charge in [-0.3, -0.25) is 0 Å². The van der Waals surface area contributed by atoms with E-state index in [0.717, 1.165) is 0 Å². The molecule has 3 aromatic rings. The average molecular weight is 344 g/mol. The Kier molecular flexibility index (Phi) is 4.33. The van der Waals surface area contributed by atoms with Crippen molar-refractivity contribution in [1.82, 2.24) is 25.3 Å². The van der Waals surface area contributed by atoms with E-state index in [1.807, 2.05) is 0 Å². The zero-order chi connectivity index (χ0) is 18.0. The first kappa shape index (κ1) is 16.4. The lowest BCUT2D eigenvalue weighted by Gasteiger charge is -2.09. The normalized spacial score (nSPS) is 10.9. The Labute approximate surface area is 142 Å². The Bertz CT molecular complexity index is 884. The van der Waals surface area contributed by atoms with Crippen molar-refractivity contribution in [2.45, 2.75) is 20.0 Å². The number of aromatic nitrogens is 5. The van der Waals surface area contributed by atoms with Gasteiger partial charge in [-0.05, 0) is 48.4 Å². The number of nitrogen functional groups attached to an aromatic ring is 1. The molecule has 0 aliphatic rings. The molecule has 25 heavy (non-hydrogen) atoms. The lowest BCUT2D eigenvalue weighted by Crippen LogP contribution is -2.13. The van der Waals surface area contributed by atoms with Gasteiger partial charge in [-0.1, -0.05) is 5.21 Å². The van der Waals surface area contributed by atoms with Crippen LogP contribution in [-0.4, -0.2) is 44.5 Å². The number of carbonyl (C=O) groups excluding carboxylic acids is 1. The molecule has 130 valence electrons. The van der Waals surface area contributed by atoms with Crippen LogP contribution >= 0.6 is 0 Å². The summed E-state index contributed by atoms with van der Waals surface area (Å²) < 4.78 is 16.3. The Morgan fingerprint density at radius 1 is 1.24 bits per heavy atom. The number of carbonyl (C=O) groups is 1. The van der Waals surface area contributed by atoms with Gasteiger partial charge in [0.05, 0.1) is 13.2 Å². The van der Waals surface area contributed by atoms with Gasteiger partial charge in [0, 0.05) is 5.56 Å². The van der Waals surface area contributed by atoms with Gasteiger partial charge in [0.25, 0.3) is 0 Å². The summed E-state index contributed by atoms with van der Waals surface area (Å²) in [4.78, 5) is 12.4. The molecule has 0 unspecified atom stereocenters. The zero-order valence-electron chi connectivity index (χ0n) is 13.8. The number of rotatable bonds is 5. The minimum Gasteiger partial charge on any atom is -0.497 e. The fourth-order valence-electron chi connectivity index (χ4n) is 2.18. The molecule has 0 saturated carbocycles. The smallest absolute Gasteiger partial charge is 0.361 e. The largest absolute Gasteiger partial charge is 0.497 e. The van der Waals surface area contributed by atoms with Gasteiger partial charge in [-0.2, -0.15) is 4.68 Å². The van der Waals surface area contributed by atoms with Gasteiger partial charge in [0.2, 0.25) is 11.6 Å². The van der Waals surface area contributed by atoms with Crippen molar-refractivity contribution >= 4 is 11.8 Å². The second kappa shape index (κ2) is 6.59. The van der Waals surface area contributed by atoms with Crippen LogP contribution in [0.4, 0.5) is 5.82 Å². The zero-order valence-corrected chi connectivity index (χ0v) is 13.8. The molecule has 10 nitrogen and oxygen atoms in total. The van der Waals surface area contributed by atoms with E-state index in [1.54, 1.807) is 45.2 Å². The van der Waals surface area contributed by atoms with Gasteiger partial charge in [0.1, 0.15) is 11.4 Å². The summed E-state index contributed by atoms with van der Waals surface area (Å²) in [5.74, 6) is 0.198. The van der Waals surface area contributed by atoms with Gasteiger partial charge in [-0.15, -0.1) is 5.10 Å². The van der Waals surface area contributed by atoms with E-state index in [9.17, 15) is 4.79 Å². The standard InChI is InChI=1S/C15H16N6O4/c1-8(2)24-15(22)11-12(9-4-6-10(23-3)7-5-9)21(20-17-11)14-13(16)18-25-19-14/h4-8H,1-3H3,(H2,16,18). The van der Waals surface area contributed by atoms with Crippen LogP contribution in [0, 0.1) is 0 Å². The maximum Gasteiger partial charge on any atom is 0.361 e. The quantitative estimate of drug-likeness (QED) is 0.683. The van der Waals surface area contributed by atoms with E-state index >= 15 is 0 Å². The SMILES string of the molecule is COc1ccc(-c2c(C(=O)OC(C)C)nnn2-c2nonc2N)cc1. The third kappa shape index (κ3) is 3.13. The van der Waals surface area contributed by atoms with E-state index < -0.39 is 5.97 Å². The number of hydrogen-bond donors (Lipinski definition) is 1. The summed E-state index contributed by atoms with van der Waals surface area (Å²) >= 11 is 0. The van der Waals surface area contributed by atoms with Crippen molar-refractivity contribution in [2.75, 3.05) is 12.8 Å². The van der Waals surface area contributed by atoms with Crippen LogP contribution in [0.15, 0.2) is 28.9 Å². The first-order valence-corrected chi connectivity index (χ1v) is 7.40. The first-order chi connectivity index (χ1) is 12.0. The van der Waals surface area contributed by atoms with Crippen LogP contribution in [0.5, 0.6) is 5.75 Å². The van der Waals surface area contributed by atoms with E-state index in [4.69, 9.17) is 15.2 Å². The van der Waals surface area contributed by atoms with Crippen molar-refractivity contribution in [3.05, 3.63) is 30.0 Å². The number of benzene rings is 1. The number of nitrogens with two attached hydrogens (primary N) is 1. The average Bonchev–Trinajstić information content (AvgIpc) is 3.20. The minimum absolute atomic E-state index is 0.0171. The molecule has 2 heterocycles. The van der Waals surface area contributed by atoms with E-state index in [2.05, 4.69) is 25.3 Å². The first-order valence-electron chi connectivity index (χ1n) is 7.40. The molecule has 0 atom stereocenters. The summed E-state index contributed by atoms with van der Waals surface area (Å²) in [5, 5.41) is 15.1. The second-order valence-corrected chi connectivity index (χ2v) is 5.35. The molecule has 10 heteroatoms. The van der Waals surface area contributed by atoms with Gasteiger partial charge >= 0.3 is 5.97 Å². The highest BCUT2D eigenvalue weighted by atomic mass is 16.6. The highest BCUT2D eigenvalue weighted by Crippen LogP contribution is 2.28. The summed E-state index contributed by atoms with van der Waals surface area (Å²) in [6.45, 7) is 3.49. The molecule has 1 aromatic carbocycles. The molecule has 0 amide bonds. The van der Waals surface area contributed by atoms with Crippen LogP contribution in [0.25, 0.3) is 17.1 Å². The van der Waals surface area contributed by atoms with Crippen LogP contribution < -0.4 is 10.5 Å². The third-order valence-electron chi connectivity index (χ3n) is 3.27. The van der Waals surface area contributed by atoms with Gasteiger partial charge in [-0.25, -0.2) is 9.42 Å². The van der Waals surface area contributed by atoms with Crippen LogP contribution in [-0.2, 0) is 4.74 Å². The summed E-state index contributed by atoms with van der Waals surface area (Å²) in [7, 11) is 1.56. The molecular weight excluding hydrogens is 328 g/mol. The summed E-state index contributed by atoms with van der Waals surface area (Å²) in [5.41, 5.74) is 6.77. The monoisotopic (exact) mass is 344 g/mol. The van der Waals surface area contributed by atoms with Crippen LogP contribution in [0.2, 0.25) is 0 Å². The van der Waals surface area contributed by atoms with Crippen molar-refractivity contribution in [3.63, 3.8) is 0 Å². The molecule has 0 aliphatic carbocycles. The molecule has 0 fully saturated rings. The van der Waals surface area contributed by atoms with E-state index in [-0.39, 0.29) is 23.4 Å². The Hall–Kier alpha value is -3.43. The Morgan fingerprint density at radius 3 is 2.52 bits per heavy atom. The van der Waals surface area contributed by atoms with Crippen molar-refractivity contribution in [3.8, 4) is 22.8 Å². The number of anilines is 1. The highest BCUT2D eigenvalue weighted by Gasteiger charge is 2.26. The van der Waals surface area contributed by atoms with Crippen LogP contribution in [0.1, 0.15) is 24.3 Å². The molecule has 2 aromatic heterocycles. The van der Waals surface area contributed by atoms with E-state index in [1.165, 1.54) is 4.68 Å². The van der Waals surface area contributed by atoms with E-state index in [0.29, 0.717) is 17.0 Å². The number of hydrogen-bond acceptors (Lipinski definition) is 9. The lowest BCUT2D eigenvalue weighted by molar-refractivity contribution is 0.0371. The molecule has 0 bridgehead atoms. The molecule has 0 radical (unpaired) electrons. The van der Waals surface area contributed by atoms with Gasteiger partial charge < -0.3 is 15.2 Å². The maximum absolute atomic E-state index is 12.4. The number of nitrogens with zero attached hydrogens (tertiary/aromatic N) is 5. The number of ether oxygens (including phenoxy) is 2. The fourth-order valence-corrected chi connectivity index (χ4v) is 2.18. The number of methoxy groups -OCH3 is 1. The minimum atomic E-state index is -0.609. The molecule has 0 spiro atoms. The van der Waals surface area contributed by atoms with Crippen LogP contribution in [0.3, 0.4) is 0 Å². The predicted octanol–water partition coefficient (Wildman–Crippen LogP) is 1.47. The summed E-state index contributed by atoms with van der Waals surface area (Å²) in [6.07, 6.45) is -0.305. The van der Waals surface area contributed by atoms with Crippen molar-refractivity contribution in [2.24, 2.45) is 0 Å². The Morgan fingerprint density at radius 2 is 1.96 bits per heavy atom. The molecule has 2 N–H and O–H groups in total. The maximum atomic E-state index is 12.4. The molecular formula is C15H16N6O4. The fraction of sp³-hybridized carbons (Fsp3) is 0.267.